The minimum Gasteiger partial charge on any atom is -0.346 e. The number of carbonyl (C=O) groups excluding carboxylic acids is 1. The van der Waals surface area contributed by atoms with Gasteiger partial charge in [0.05, 0.1) is 11.1 Å². The topological polar surface area (TPSA) is 64.2 Å². The summed E-state index contributed by atoms with van der Waals surface area (Å²) < 4.78 is 16.7. The maximum atomic E-state index is 14.5. The monoisotopic (exact) mass is 556 g/mol. The third-order valence-corrected chi connectivity index (χ3v) is 7.44. The van der Waals surface area contributed by atoms with Gasteiger partial charge in [-0.25, -0.2) is 4.39 Å². The van der Waals surface area contributed by atoms with Crippen LogP contribution in [0, 0.1) is 12.7 Å². The van der Waals surface area contributed by atoms with E-state index < -0.39 is 0 Å². The standard InChI is InChI=1S/C30H33FN4O.2ClH/c1-21-5-2-8-25-27(20-35(29(21)25)14-4-7-22-6-3-13-33-19-22)30(36)34-15-11-24(12-16-34)26-17-23(18-32)9-10-28(26)31;;/h2-3,5-6,8-10,13,17,19-20,24H,4,7,11-12,14-16,18,32H2,1H3;2*1H. The van der Waals surface area contributed by atoms with E-state index in [0.29, 0.717) is 19.6 Å². The number of para-hydroxylation sites is 1. The van der Waals surface area contributed by atoms with Crippen LogP contribution in [0.25, 0.3) is 10.9 Å². The molecule has 3 heterocycles. The second-order valence-corrected chi connectivity index (χ2v) is 9.80. The molecule has 0 aliphatic carbocycles. The lowest BCUT2D eigenvalue weighted by Crippen LogP contribution is -2.38. The Hall–Kier alpha value is -2.93. The Kier molecular flexibility index (Phi) is 10.3. The first-order chi connectivity index (χ1) is 17.5. The van der Waals surface area contributed by atoms with Gasteiger partial charge in [0.1, 0.15) is 5.82 Å². The fraction of sp³-hybridized carbons (Fsp3) is 0.333. The van der Waals surface area contributed by atoms with Crippen LogP contribution < -0.4 is 5.73 Å². The van der Waals surface area contributed by atoms with Gasteiger partial charge in [-0.15, -0.1) is 24.8 Å². The number of benzene rings is 2. The lowest BCUT2D eigenvalue weighted by molar-refractivity contribution is 0.0714. The number of halogens is 3. The van der Waals surface area contributed by atoms with Crippen molar-refractivity contribution in [3.63, 3.8) is 0 Å². The summed E-state index contributed by atoms with van der Waals surface area (Å²) in [7, 11) is 0. The van der Waals surface area contributed by atoms with Gasteiger partial charge >= 0.3 is 0 Å². The summed E-state index contributed by atoms with van der Waals surface area (Å²) in [6.07, 6.45) is 9.14. The number of hydrogen-bond acceptors (Lipinski definition) is 3. The molecule has 0 atom stereocenters. The molecule has 4 aromatic rings. The second-order valence-electron chi connectivity index (χ2n) is 9.80. The molecule has 1 aliphatic rings. The molecule has 0 saturated carbocycles. The van der Waals surface area contributed by atoms with Crippen molar-refractivity contribution in [3.8, 4) is 0 Å². The van der Waals surface area contributed by atoms with Crippen LogP contribution in [0.5, 0.6) is 0 Å². The molecule has 0 unspecified atom stereocenters. The van der Waals surface area contributed by atoms with Crippen LogP contribution in [0.1, 0.15) is 57.8 Å². The minimum atomic E-state index is -0.179. The van der Waals surface area contributed by atoms with Gasteiger partial charge in [-0.2, -0.15) is 0 Å². The average molecular weight is 558 g/mol. The van der Waals surface area contributed by atoms with Gasteiger partial charge < -0.3 is 15.2 Å². The molecule has 2 aromatic heterocycles. The molecule has 0 spiro atoms. The van der Waals surface area contributed by atoms with Crippen LogP contribution in [0.2, 0.25) is 0 Å². The molecule has 2 aromatic carbocycles. The highest BCUT2D eigenvalue weighted by molar-refractivity contribution is 6.07. The maximum absolute atomic E-state index is 14.5. The van der Waals surface area contributed by atoms with Crippen molar-refractivity contribution in [1.29, 1.82) is 0 Å². The number of pyridine rings is 1. The Bertz CT molecular complexity index is 1370. The largest absolute Gasteiger partial charge is 0.346 e. The van der Waals surface area contributed by atoms with Crippen molar-refractivity contribution in [3.05, 3.63) is 101 Å². The van der Waals surface area contributed by atoms with E-state index in [4.69, 9.17) is 5.73 Å². The van der Waals surface area contributed by atoms with Crippen LogP contribution >= 0.6 is 24.8 Å². The quantitative estimate of drug-likeness (QED) is 0.285. The third-order valence-electron chi connectivity index (χ3n) is 7.44. The lowest BCUT2D eigenvalue weighted by atomic mass is 9.88. The number of nitrogens with zero attached hydrogens (tertiary/aromatic N) is 3. The highest BCUT2D eigenvalue weighted by Gasteiger charge is 2.28. The third kappa shape index (κ3) is 6.20. The zero-order valence-corrected chi connectivity index (χ0v) is 23.2. The van der Waals surface area contributed by atoms with Crippen LogP contribution in [0.4, 0.5) is 4.39 Å². The predicted octanol–water partition coefficient (Wildman–Crippen LogP) is 6.44. The van der Waals surface area contributed by atoms with Crippen molar-refractivity contribution in [2.45, 2.75) is 51.6 Å². The Morgan fingerprint density at radius 1 is 1.08 bits per heavy atom. The molecule has 0 bridgehead atoms. The molecular weight excluding hydrogens is 522 g/mol. The van der Waals surface area contributed by atoms with Gasteiger partial charge in [-0.05, 0) is 72.9 Å². The number of aryl methyl sites for hydroxylation is 3. The number of nitrogens with two attached hydrogens (primary N) is 1. The summed E-state index contributed by atoms with van der Waals surface area (Å²) in [5, 5.41) is 1.00. The van der Waals surface area contributed by atoms with Crippen molar-refractivity contribution in [1.82, 2.24) is 14.5 Å². The van der Waals surface area contributed by atoms with Crippen LogP contribution in [-0.4, -0.2) is 33.4 Å². The van der Waals surface area contributed by atoms with Crippen molar-refractivity contribution >= 4 is 41.6 Å². The zero-order valence-electron chi connectivity index (χ0n) is 21.6. The first-order valence-corrected chi connectivity index (χ1v) is 12.8. The Labute approximate surface area is 236 Å². The van der Waals surface area contributed by atoms with E-state index in [1.807, 2.05) is 41.6 Å². The summed E-state index contributed by atoms with van der Waals surface area (Å²) in [6, 6.07) is 15.4. The first-order valence-electron chi connectivity index (χ1n) is 12.8. The highest BCUT2D eigenvalue weighted by Crippen LogP contribution is 2.32. The lowest BCUT2D eigenvalue weighted by Gasteiger charge is -2.32. The summed E-state index contributed by atoms with van der Waals surface area (Å²) in [6.45, 7) is 4.58. The molecule has 38 heavy (non-hydrogen) atoms. The Morgan fingerprint density at radius 3 is 2.58 bits per heavy atom. The first kappa shape index (κ1) is 29.6. The van der Waals surface area contributed by atoms with E-state index >= 15 is 0 Å². The van der Waals surface area contributed by atoms with Gasteiger partial charge in [0.2, 0.25) is 0 Å². The van der Waals surface area contributed by atoms with E-state index in [0.717, 1.165) is 59.8 Å². The smallest absolute Gasteiger partial charge is 0.256 e. The SMILES string of the molecule is Cc1cccc2c(C(=O)N3CCC(c4cc(CN)ccc4F)CC3)cn(CCCc3cccnc3)c12.Cl.Cl. The Morgan fingerprint density at radius 2 is 1.87 bits per heavy atom. The molecule has 5 rings (SSSR count). The van der Waals surface area contributed by atoms with E-state index in [-0.39, 0.29) is 42.5 Å². The molecule has 1 aliphatic heterocycles. The second kappa shape index (κ2) is 13.2. The number of carbonyl (C=O) groups is 1. The van der Waals surface area contributed by atoms with E-state index in [1.54, 1.807) is 12.3 Å². The van der Waals surface area contributed by atoms with Crippen molar-refractivity contribution in [2.24, 2.45) is 5.73 Å². The van der Waals surface area contributed by atoms with Crippen LogP contribution in [-0.2, 0) is 19.5 Å². The van der Waals surface area contributed by atoms with Gasteiger partial charge in [-0.3, -0.25) is 9.78 Å². The number of hydrogen-bond donors (Lipinski definition) is 1. The normalized spacial score (nSPS) is 13.7. The van der Waals surface area contributed by atoms with Gasteiger partial charge in [-0.1, -0.05) is 36.4 Å². The molecule has 1 amide bonds. The molecule has 5 nitrogen and oxygen atoms in total. The molecule has 202 valence electrons. The van der Waals surface area contributed by atoms with Crippen molar-refractivity contribution < 1.29 is 9.18 Å². The number of aromatic nitrogens is 2. The predicted molar refractivity (Wildman–Crippen MR) is 156 cm³/mol. The fourth-order valence-corrected chi connectivity index (χ4v) is 5.49. The average Bonchev–Trinajstić information content (AvgIpc) is 3.29. The minimum absolute atomic E-state index is 0. The van der Waals surface area contributed by atoms with Gasteiger partial charge in [0.15, 0.2) is 0 Å². The number of piperidine rings is 1. The molecule has 1 fully saturated rings. The number of fused-ring (bicyclic) bond motifs is 1. The van der Waals surface area contributed by atoms with Gasteiger partial charge in [0, 0.05) is 50.2 Å². The summed E-state index contributed by atoms with van der Waals surface area (Å²) in [5.74, 6) is -0.00957. The van der Waals surface area contributed by atoms with Gasteiger partial charge in [0.25, 0.3) is 5.91 Å². The van der Waals surface area contributed by atoms with Crippen molar-refractivity contribution in [2.75, 3.05) is 13.1 Å². The highest BCUT2D eigenvalue weighted by atomic mass is 35.5. The molecule has 0 radical (unpaired) electrons. The van der Waals surface area contributed by atoms with E-state index in [1.165, 1.54) is 17.2 Å². The number of rotatable bonds is 7. The van der Waals surface area contributed by atoms with E-state index in [2.05, 4.69) is 28.6 Å². The summed E-state index contributed by atoms with van der Waals surface area (Å²) in [5.41, 5.74) is 11.7. The molecule has 2 N–H and O–H groups in total. The molecular formula is C30H35Cl2FN4O. The van der Waals surface area contributed by atoms with Crippen LogP contribution in [0.15, 0.2) is 67.1 Å². The summed E-state index contributed by atoms with van der Waals surface area (Å²) in [4.78, 5) is 19.8. The number of amides is 1. The maximum Gasteiger partial charge on any atom is 0.256 e. The number of likely N-dealkylation sites (tertiary alicyclic amines) is 1. The molecule has 1 saturated heterocycles. The zero-order chi connectivity index (χ0) is 25.1. The summed E-state index contributed by atoms with van der Waals surface area (Å²) >= 11 is 0. The van der Waals surface area contributed by atoms with E-state index in [9.17, 15) is 9.18 Å². The Balaban J connectivity index is 0.00000200. The molecule has 8 heteroatoms. The fourth-order valence-electron chi connectivity index (χ4n) is 5.49. The van der Waals surface area contributed by atoms with Crippen LogP contribution in [0.3, 0.4) is 0 Å².